The predicted octanol–water partition coefficient (Wildman–Crippen LogP) is 3.54. The minimum Gasteiger partial charge on any atom is -0.403 e. The fourth-order valence-electron chi connectivity index (χ4n) is 3.27. The van der Waals surface area contributed by atoms with E-state index in [4.69, 9.17) is 0 Å². The fraction of sp³-hybridized carbons (Fsp3) is 0.421. The van der Waals surface area contributed by atoms with E-state index >= 15 is 0 Å². The summed E-state index contributed by atoms with van der Waals surface area (Å²) in [4.78, 5) is 21.3. The topological polar surface area (TPSA) is 67.4 Å². The molecule has 1 N–H and O–H groups in total. The van der Waals surface area contributed by atoms with Gasteiger partial charge in [0.15, 0.2) is 11.6 Å². The van der Waals surface area contributed by atoms with Crippen LogP contribution >= 0.6 is 0 Å². The van der Waals surface area contributed by atoms with Crippen molar-refractivity contribution in [1.82, 2.24) is 15.3 Å². The van der Waals surface area contributed by atoms with Crippen LogP contribution in [0.3, 0.4) is 0 Å². The van der Waals surface area contributed by atoms with Gasteiger partial charge in [-0.15, -0.1) is 13.2 Å². The van der Waals surface area contributed by atoms with Crippen LogP contribution in [-0.4, -0.2) is 47.5 Å². The van der Waals surface area contributed by atoms with Crippen LogP contribution in [0, 0.1) is 12.7 Å². The number of aromatic nitrogens is 2. The van der Waals surface area contributed by atoms with Gasteiger partial charge in [-0.05, 0) is 31.5 Å². The summed E-state index contributed by atoms with van der Waals surface area (Å²) in [5.74, 6) is -1.72. The van der Waals surface area contributed by atoms with E-state index in [0.29, 0.717) is 24.6 Å². The van der Waals surface area contributed by atoms with Crippen molar-refractivity contribution in [2.75, 3.05) is 18.0 Å². The first-order valence-electron chi connectivity index (χ1n) is 9.09. The number of carbonyl (C=O) groups excluding carboxylic acids is 1. The number of piperidine rings is 1. The molecule has 3 rings (SSSR count). The van der Waals surface area contributed by atoms with Crippen LogP contribution in [0.15, 0.2) is 24.3 Å². The van der Waals surface area contributed by atoms with Gasteiger partial charge < -0.3 is 15.0 Å². The molecular formula is C19H19F5N4O2. The van der Waals surface area contributed by atoms with E-state index in [-0.39, 0.29) is 23.7 Å². The molecule has 0 unspecified atom stereocenters. The molecule has 1 saturated heterocycles. The van der Waals surface area contributed by atoms with Gasteiger partial charge in [0.2, 0.25) is 5.91 Å². The highest BCUT2D eigenvalue weighted by Crippen LogP contribution is 2.30. The molecule has 0 spiro atoms. The Balaban J connectivity index is 1.82. The summed E-state index contributed by atoms with van der Waals surface area (Å²) < 4.78 is 69.1. The standard InChI is InChI=1S/C19H19F5N4O2/c1-10-25-16(12-3-4-17(13(20)7-12)30-19(22,23)24)8-18(26-10)28-6-5-15(14(21)9-28)27-11(2)29/h3-4,7-8,14-15H,5-6,9H2,1-2H3,(H,27,29)/t14-,15-/m1/s1. The van der Waals surface area contributed by atoms with E-state index in [1.54, 1.807) is 11.8 Å². The van der Waals surface area contributed by atoms with E-state index in [2.05, 4.69) is 20.0 Å². The quantitative estimate of drug-likeness (QED) is 0.752. The normalized spacial score (nSPS) is 19.5. The molecule has 1 amide bonds. The first kappa shape index (κ1) is 21.7. The van der Waals surface area contributed by atoms with Crippen molar-refractivity contribution in [3.05, 3.63) is 35.9 Å². The smallest absolute Gasteiger partial charge is 0.403 e. The SMILES string of the molecule is CC(=O)N[C@@H]1CCN(c2cc(-c3ccc(OC(F)(F)F)c(F)c3)nc(C)n2)C[C@H]1F. The van der Waals surface area contributed by atoms with Gasteiger partial charge in [-0.3, -0.25) is 4.79 Å². The summed E-state index contributed by atoms with van der Waals surface area (Å²) in [6.45, 7) is 3.34. The van der Waals surface area contributed by atoms with Crippen LogP contribution in [0.5, 0.6) is 5.75 Å². The number of hydrogen-bond donors (Lipinski definition) is 1. The number of rotatable bonds is 4. The number of aryl methyl sites for hydroxylation is 1. The van der Waals surface area contributed by atoms with Crippen molar-refractivity contribution < 1.29 is 31.5 Å². The van der Waals surface area contributed by atoms with E-state index in [1.807, 2.05) is 0 Å². The molecule has 1 aromatic carbocycles. The third-order valence-corrected chi connectivity index (χ3v) is 4.53. The highest BCUT2D eigenvalue weighted by Gasteiger charge is 2.33. The molecule has 1 aliphatic heterocycles. The summed E-state index contributed by atoms with van der Waals surface area (Å²) in [5, 5.41) is 2.57. The first-order chi connectivity index (χ1) is 14.0. The third-order valence-electron chi connectivity index (χ3n) is 4.53. The van der Waals surface area contributed by atoms with Crippen molar-refractivity contribution in [1.29, 1.82) is 0 Å². The second-order valence-corrected chi connectivity index (χ2v) is 6.91. The molecule has 0 aliphatic carbocycles. The van der Waals surface area contributed by atoms with E-state index < -0.39 is 30.1 Å². The maximum atomic E-state index is 14.4. The van der Waals surface area contributed by atoms with Crippen LogP contribution in [0.2, 0.25) is 0 Å². The molecular weight excluding hydrogens is 411 g/mol. The van der Waals surface area contributed by atoms with Crippen LogP contribution in [0.4, 0.5) is 27.8 Å². The fourth-order valence-corrected chi connectivity index (χ4v) is 3.27. The van der Waals surface area contributed by atoms with Crippen molar-refractivity contribution in [2.45, 2.75) is 38.8 Å². The van der Waals surface area contributed by atoms with E-state index in [0.717, 1.165) is 12.1 Å². The van der Waals surface area contributed by atoms with Crippen molar-refractivity contribution in [2.24, 2.45) is 0 Å². The number of nitrogens with zero attached hydrogens (tertiary/aromatic N) is 3. The highest BCUT2D eigenvalue weighted by atomic mass is 19.4. The van der Waals surface area contributed by atoms with Crippen molar-refractivity contribution in [3.8, 4) is 17.0 Å². The Kier molecular flexibility index (Phi) is 6.09. The second-order valence-electron chi connectivity index (χ2n) is 6.91. The Bertz CT molecular complexity index is 938. The molecule has 2 atom stereocenters. The third kappa shape index (κ3) is 5.33. The summed E-state index contributed by atoms with van der Waals surface area (Å²) in [6, 6.07) is 3.92. The number of carbonyl (C=O) groups is 1. The lowest BCUT2D eigenvalue weighted by Gasteiger charge is -2.35. The zero-order valence-electron chi connectivity index (χ0n) is 16.1. The summed E-state index contributed by atoms with van der Waals surface area (Å²) in [7, 11) is 0. The van der Waals surface area contributed by atoms with Crippen molar-refractivity contribution in [3.63, 3.8) is 0 Å². The molecule has 1 aliphatic rings. The maximum absolute atomic E-state index is 14.4. The highest BCUT2D eigenvalue weighted by molar-refractivity contribution is 5.73. The van der Waals surface area contributed by atoms with Gasteiger partial charge in [-0.25, -0.2) is 18.7 Å². The second kappa shape index (κ2) is 8.41. The minimum atomic E-state index is -5.01. The molecule has 0 bridgehead atoms. The first-order valence-corrected chi connectivity index (χ1v) is 9.09. The largest absolute Gasteiger partial charge is 0.573 e. The Morgan fingerprint density at radius 1 is 1.27 bits per heavy atom. The summed E-state index contributed by atoms with van der Waals surface area (Å²) in [6.07, 6.45) is -5.94. The zero-order chi connectivity index (χ0) is 22.1. The molecule has 162 valence electrons. The number of amides is 1. The number of anilines is 1. The Labute approximate surface area is 169 Å². The van der Waals surface area contributed by atoms with Crippen LogP contribution < -0.4 is 15.0 Å². The molecule has 0 radical (unpaired) electrons. The number of nitrogens with one attached hydrogen (secondary N) is 1. The van der Waals surface area contributed by atoms with Gasteiger partial charge in [0.25, 0.3) is 0 Å². The van der Waals surface area contributed by atoms with Crippen LogP contribution in [-0.2, 0) is 4.79 Å². The summed E-state index contributed by atoms with van der Waals surface area (Å²) in [5.41, 5.74) is 0.494. The van der Waals surface area contributed by atoms with Gasteiger partial charge in [0, 0.05) is 25.1 Å². The lowest BCUT2D eigenvalue weighted by atomic mass is 10.0. The average molecular weight is 430 g/mol. The van der Waals surface area contributed by atoms with Gasteiger partial charge in [0.1, 0.15) is 17.8 Å². The van der Waals surface area contributed by atoms with Crippen LogP contribution in [0.1, 0.15) is 19.2 Å². The van der Waals surface area contributed by atoms with Crippen LogP contribution in [0.25, 0.3) is 11.3 Å². The molecule has 2 heterocycles. The Morgan fingerprint density at radius 2 is 2.00 bits per heavy atom. The number of ether oxygens (including phenoxy) is 1. The molecule has 6 nitrogen and oxygen atoms in total. The average Bonchev–Trinajstić information content (AvgIpc) is 2.63. The number of benzene rings is 1. The lowest BCUT2D eigenvalue weighted by molar-refractivity contribution is -0.275. The van der Waals surface area contributed by atoms with Crippen molar-refractivity contribution >= 4 is 11.7 Å². The Morgan fingerprint density at radius 3 is 2.60 bits per heavy atom. The molecule has 0 saturated carbocycles. The minimum absolute atomic E-state index is 0.00639. The summed E-state index contributed by atoms with van der Waals surface area (Å²) >= 11 is 0. The van der Waals surface area contributed by atoms with Gasteiger partial charge in [-0.2, -0.15) is 0 Å². The number of hydrogen-bond acceptors (Lipinski definition) is 5. The molecule has 11 heteroatoms. The Hall–Kier alpha value is -2.98. The predicted molar refractivity (Wildman–Crippen MR) is 98.2 cm³/mol. The van der Waals surface area contributed by atoms with Gasteiger partial charge in [-0.1, -0.05) is 0 Å². The molecule has 1 fully saturated rings. The molecule has 1 aromatic heterocycles. The number of alkyl halides is 4. The van der Waals surface area contributed by atoms with E-state index in [9.17, 15) is 26.7 Å². The van der Waals surface area contributed by atoms with Gasteiger partial charge in [0.05, 0.1) is 18.3 Å². The zero-order valence-corrected chi connectivity index (χ0v) is 16.1. The van der Waals surface area contributed by atoms with E-state index in [1.165, 1.54) is 19.1 Å². The molecule has 30 heavy (non-hydrogen) atoms. The number of halogens is 5. The maximum Gasteiger partial charge on any atom is 0.573 e. The van der Waals surface area contributed by atoms with Gasteiger partial charge >= 0.3 is 6.36 Å². The monoisotopic (exact) mass is 430 g/mol. The molecule has 2 aromatic rings. The lowest BCUT2D eigenvalue weighted by Crippen LogP contribution is -2.52.